The Kier molecular flexibility index (Phi) is 4.53. The van der Waals surface area contributed by atoms with Gasteiger partial charge in [0.25, 0.3) is 5.91 Å². The lowest BCUT2D eigenvalue weighted by atomic mass is 10.0. The van der Waals surface area contributed by atoms with E-state index in [9.17, 15) is 9.59 Å². The largest absolute Gasteiger partial charge is 0.497 e. The average Bonchev–Trinajstić information content (AvgIpc) is 3.11. The van der Waals surface area contributed by atoms with E-state index >= 15 is 0 Å². The number of nitrogens with zero attached hydrogens (tertiary/aromatic N) is 1. The second-order valence-electron chi connectivity index (χ2n) is 8.19. The van der Waals surface area contributed by atoms with E-state index in [1.165, 1.54) is 11.8 Å². The highest BCUT2D eigenvalue weighted by Crippen LogP contribution is 2.58. The van der Waals surface area contributed by atoms with Crippen molar-refractivity contribution in [1.29, 1.82) is 0 Å². The number of ether oxygens (including phenoxy) is 1. The molecule has 0 aromatic heterocycles. The van der Waals surface area contributed by atoms with Gasteiger partial charge in [-0.3, -0.25) is 9.69 Å². The number of rotatable bonds is 2. The minimum atomic E-state index is -1.13. The van der Waals surface area contributed by atoms with E-state index in [1.807, 2.05) is 64.1 Å². The summed E-state index contributed by atoms with van der Waals surface area (Å²) < 4.78 is 5.09. The molecule has 0 saturated carbocycles. The summed E-state index contributed by atoms with van der Waals surface area (Å²) >= 11 is 1.50. The van der Waals surface area contributed by atoms with Crippen molar-refractivity contribution < 1.29 is 14.3 Å². The van der Waals surface area contributed by atoms with Crippen LogP contribution in [-0.2, 0) is 9.67 Å². The van der Waals surface area contributed by atoms with Gasteiger partial charge in [0.2, 0.25) is 0 Å². The minimum absolute atomic E-state index is 0.202. The van der Waals surface area contributed by atoms with E-state index < -0.39 is 4.87 Å². The Morgan fingerprint density at radius 3 is 2.62 bits per heavy atom. The van der Waals surface area contributed by atoms with E-state index in [0.29, 0.717) is 23.7 Å². The number of nitrogens with one attached hydrogen (secondary N) is 2. The average molecular weight is 412 g/mol. The number of benzene rings is 2. The van der Waals surface area contributed by atoms with E-state index in [0.717, 1.165) is 16.7 Å². The second-order valence-corrected chi connectivity index (χ2v) is 10.1. The number of fused-ring (bicyclic) bond motifs is 2. The van der Waals surface area contributed by atoms with Gasteiger partial charge >= 0.3 is 6.03 Å². The molecule has 4 rings (SSSR count). The lowest BCUT2D eigenvalue weighted by molar-refractivity contribution is -0.121. The zero-order valence-electron chi connectivity index (χ0n) is 17.3. The molecular formula is C22H25N3O3S. The zero-order chi connectivity index (χ0) is 21.0. The van der Waals surface area contributed by atoms with Gasteiger partial charge in [-0.05, 0) is 69.2 Å². The van der Waals surface area contributed by atoms with Gasteiger partial charge in [-0.2, -0.15) is 0 Å². The SMILES string of the molecule is COc1ccc2c(c1)[C@@]1(SC(C)(C)CN1C(=O)Nc1ccc(C)c(C)c1)C(=O)N2. The molecule has 7 heteroatoms. The van der Waals surface area contributed by atoms with Crippen LogP contribution < -0.4 is 15.4 Å². The number of carbonyl (C=O) groups is 2. The van der Waals surface area contributed by atoms with Crippen LogP contribution in [0.15, 0.2) is 36.4 Å². The molecule has 152 valence electrons. The number of aryl methyl sites for hydroxylation is 2. The van der Waals surface area contributed by atoms with E-state index in [2.05, 4.69) is 10.6 Å². The Morgan fingerprint density at radius 2 is 1.93 bits per heavy atom. The maximum absolute atomic E-state index is 13.4. The quantitative estimate of drug-likeness (QED) is 0.765. The fourth-order valence-corrected chi connectivity index (χ4v) is 5.62. The van der Waals surface area contributed by atoms with Crippen molar-refractivity contribution in [2.45, 2.75) is 37.3 Å². The first kappa shape index (κ1) is 19.6. The van der Waals surface area contributed by atoms with Crippen LogP contribution in [0.2, 0.25) is 0 Å². The highest BCUT2D eigenvalue weighted by molar-refractivity contribution is 8.02. The van der Waals surface area contributed by atoms with Gasteiger partial charge in [-0.25, -0.2) is 4.79 Å². The van der Waals surface area contributed by atoms with Crippen molar-refractivity contribution in [3.63, 3.8) is 0 Å². The Hall–Kier alpha value is -2.67. The number of methoxy groups -OCH3 is 1. The maximum Gasteiger partial charge on any atom is 0.323 e. The van der Waals surface area contributed by atoms with Crippen molar-refractivity contribution in [2.24, 2.45) is 0 Å². The molecule has 2 aromatic carbocycles. The fourth-order valence-electron chi connectivity index (χ4n) is 3.94. The Bertz CT molecular complexity index is 1020. The molecule has 2 aliphatic heterocycles. The van der Waals surface area contributed by atoms with Crippen LogP contribution in [0, 0.1) is 13.8 Å². The van der Waals surface area contributed by atoms with E-state index in [1.54, 1.807) is 12.0 Å². The summed E-state index contributed by atoms with van der Waals surface area (Å²) in [5, 5.41) is 5.93. The molecule has 3 amide bonds. The van der Waals surface area contributed by atoms with Crippen molar-refractivity contribution in [3.05, 3.63) is 53.1 Å². The fraction of sp³-hybridized carbons (Fsp3) is 0.364. The third-order valence-electron chi connectivity index (χ3n) is 5.49. The monoisotopic (exact) mass is 411 g/mol. The molecule has 29 heavy (non-hydrogen) atoms. The van der Waals surface area contributed by atoms with Crippen LogP contribution in [0.5, 0.6) is 5.75 Å². The lowest BCUT2D eigenvalue weighted by Gasteiger charge is -2.32. The number of carbonyl (C=O) groups excluding carboxylic acids is 2. The van der Waals surface area contributed by atoms with Crippen LogP contribution in [-0.4, -0.2) is 35.2 Å². The van der Waals surface area contributed by atoms with Gasteiger partial charge in [-0.1, -0.05) is 6.07 Å². The Labute approximate surface area is 175 Å². The molecule has 0 radical (unpaired) electrons. The molecule has 6 nitrogen and oxygen atoms in total. The zero-order valence-corrected chi connectivity index (χ0v) is 18.1. The molecule has 2 aliphatic rings. The molecule has 0 unspecified atom stereocenters. The molecular weight excluding hydrogens is 386 g/mol. The normalized spacial score (nSPS) is 21.8. The molecule has 0 bridgehead atoms. The van der Waals surface area contributed by atoms with Crippen molar-refractivity contribution in [3.8, 4) is 5.75 Å². The van der Waals surface area contributed by atoms with Gasteiger partial charge in [0.1, 0.15) is 5.75 Å². The van der Waals surface area contributed by atoms with Gasteiger partial charge in [0, 0.05) is 28.2 Å². The molecule has 1 spiro atoms. The van der Waals surface area contributed by atoms with Crippen LogP contribution >= 0.6 is 11.8 Å². The van der Waals surface area contributed by atoms with Crippen molar-refractivity contribution in [1.82, 2.24) is 4.90 Å². The highest BCUT2D eigenvalue weighted by atomic mass is 32.2. The maximum atomic E-state index is 13.4. The van der Waals surface area contributed by atoms with Crippen molar-refractivity contribution in [2.75, 3.05) is 24.3 Å². The number of thioether (sulfide) groups is 1. The van der Waals surface area contributed by atoms with Gasteiger partial charge in [-0.15, -0.1) is 11.8 Å². The Balaban J connectivity index is 1.75. The number of hydrogen-bond donors (Lipinski definition) is 2. The summed E-state index contributed by atoms with van der Waals surface area (Å²) in [6, 6.07) is 11.0. The molecule has 1 saturated heterocycles. The topological polar surface area (TPSA) is 70.7 Å². The molecule has 0 aliphatic carbocycles. The second kappa shape index (κ2) is 6.69. The first-order valence-electron chi connectivity index (χ1n) is 9.52. The van der Waals surface area contributed by atoms with E-state index in [4.69, 9.17) is 4.74 Å². The Morgan fingerprint density at radius 1 is 1.17 bits per heavy atom. The molecule has 2 aromatic rings. The first-order valence-corrected chi connectivity index (χ1v) is 10.3. The number of urea groups is 1. The molecule has 2 N–H and O–H groups in total. The standard InChI is InChI=1S/C22H25N3O3S/c1-13-6-7-15(10-14(13)2)23-20(27)25-12-21(3,4)29-22(25)17-11-16(28-5)8-9-18(17)24-19(22)26/h6-11H,12H2,1-5H3,(H,23,27)(H,24,26)/t22-/m1/s1. The number of hydrogen-bond acceptors (Lipinski definition) is 4. The lowest BCUT2D eigenvalue weighted by Crippen LogP contribution is -2.49. The van der Waals surface area contributed by atoms with Gasteiger partial charge in [0.05, 0.1) is 7.11 Å². The van der Waals surface area contributed by atoms with Gasteiger partial charge < -0.3 is 15.4 Å². The summed E-state index contributed by atoms with van der Waals surface area (Å²) in [4.78, 5) is 27.1. The molecule has 1 fully saturated rings. The van der Waals surface area contributed by atoms with Gasteiger partial charge in [0.15, 0.2) is 4.87 Å². The summed E-state index contributed by atoms with van der Waals surface area (Å²) in [5.41, 5.74) is 4.45. The molecule has 1 atom stereocenters. The van der Waals surface area contributed by atoms with Crippen LogP contribution in [0.1, 0.15) is 30.5 Å². The van der Waals surface area contributed by atoms with Crippen LogP contribution in [0.25, 0.3) is 0 Å². The van der Waals surface area contributed by atoms with Crippen LogP contribution in [0.3, 0.4) is 0 Å². The first-order chi connectivity index (χ1) is 13.7. The van der Waals surface area contributed by atoms with Crippen LogP contribution in [0.4, 0.5) is 16.2 Å². The third kappa shape index (κ3) is 3.13. The number of anilines is 2. The summed E-state index contributed by atoms with van der Waals surface area (Å²) in [5.74, 6) is 0.450. The smallest absolute Gasteiger partial charge is 0.323 e. The number of amides is 3. The predicted molar refractivity (Wildman–Crippen MR) is 117 cm³/mol. The minimum Gasteiger partial charge on any atom is -0.497 e. The third-order valence-corrected chi connectivity index (χ3v) is 7.10. The van der Waals surface area contributed by atoms with Crippen molar-refractivity contribution >= 4 is 35.1 Å². The predicted octanol–water partition coefficient (Wildman–Crippen LogP) is 4.48. The summed E-state index contributed by atoms with van der Waals surface area (Å²) in [6.07, 6.45) is 0. The summed E-state index contributed by atoms with van der Waals surface area (Å²) in [6.45, 7) is 8.58. The summed E-state index contributed by atoms with van der Waals surface area (Å²) in [7, 11) is 1.59. The molecule has 2 heterocycles. The van der Waals surface area contributed by atoms with E-state index in [-0.39, 0.29) is 16.7 Å². The highest BCUT2D eigenvalue weighted by Gasteiger charge is 2.61.